The molecule has 34 heavy (non-hydrogen) atoms. The molecule has 190 valence electrons. The van der Waals surface area contributed by atoms with Gasteiger partial charge in [-0.2, -0.15) is 0 Å². The monoisotopic (exact) mass is 479 g/mol. The van der Waals surface area contributed by atoms with Gasteiger partial charge in [-0.05, 0) is 78.6 Å². The molecule has 1 rings (SSSR count). The van der Waals surface area contributed by atoms with Crippen LogP contribution in [0.4, 0.5) is 4.79 Å². The lowest BCUT2D eigenvalue weighted by atomic mass is 9.94. The molecule has 10 nitrogen and oxygen atoms in total. The molecular weight excluding hydrogens is 442 g/mol. The third-order valence-corrected chi connectivity index (χ3v) is 4.74. The maximum atomic E-state index is 13.6. The van der Waals surface area contributed by atoms with Crippen molar-refractivity contribution in [2.45, 2.75) is 78.6 Å². The van der Waals surface area contributed by atoms with Gasteiger partial charge in [0.05, 0.1) is 7.11 Å². The van der Waals surface area contributed by atoms with Gasteiger partial charge in [0.2, 0.25) is 11.8 Å². The molecule has 0 bridgehead atoms. The topological polar surface area (TPSA) is 134 Å². The van der Waals surface area contributed by atoms with E-state index in [4.69, 9.17) is 4.74 Å². The molecule has 0 aliphatic carbocycles. The molecule has 0 saturated carbocycles. The van der Waals surface area contributed by atoms with Crippen molar-refractivity contribution >= 4 is 23.9 Å². The Kier molecular flexibility index (Phi) is 9.48. The van der Waals surface area contributed by atoms with Gasteiger partial charge < -0.3 is 30.1 Å². The average Bonchev–Trinajstić information content (AvgIpc) is 2.69. The number of phenolic OH excluding ortho intramolecular Hbond substituents is 1. The summed E-state index contributed by atoms with van der Waals surface area (Å²) in [6.07, 6.45) is -0.769. The number of esters is 1. The van der Waals surface area contributed by atoms with Crippen molar-refractivity contribution in [2.24, 2.45) is 0 Å². The molecule has 3 N–H and O–H groups in total. The van der Waals surface area contributed by atoms with Crippen LogP contribution in [-0.2, 0) is 23.9 Å². The molecule has 2 atom stereocenters. The normalized spacial score (nSPS) is 13.3. The Labute approximate surface area is 201 Å². The van der Waals surface area contributed by atoms with Crippen LogP contribution in [0.2, 0.25) is 0 Å². The first kappa shape index (κ1) is 28.7. The summed E-state index contributed by atoms with van der Waals surface area (Å²) in [6.45, 7) is 13.1. The van der Waals surface area contributed by atoms with Crippen molar-refractivity contribution in [3.8, 4) is 5.75 Å². The van der Waals surface area contributed by atoms with E-state index >= 15 is 0 Å². The molecule has 0 aliphatic rings. The Bertz CT molecular complexity index is 916. The highest BCUT2D eigenvalue weighted by molar-refractivity contribution is 5.93. The number of amides is 3. The molecule has 2 unspecified atom stereocenters. The number of carbonyl (C=O) groups is 4. The van der Waals surface area contributed by atoms with Crippen LogP contribution in [0.5, 0.6) is 5.75 Å². The Hall–Kier alpha value is -3.30. The fourth-order valence-electron chi connectivity index (χ4n) is 3.19. The van der Waals surface area contributed by atoms with Gasteiger partial charge in [-0.1, -0.05) is 6.07 Å². The van der Waals surface area contributed by atoms with E-state index in [0.717, 1.165) is 0 Å². The quantitative estimate of drug-likeness (QED) is 0.512. The van der Waals surface area contributed by atoms with E-state index in [1.54, 1.807) is 54.5 Å². The first-order valence-corrected chi connectivity index (χ1v) is 10.9. The highest BCUT2D eigenvalue weighted by atomic mass is 16.6. The van der Waals surface area contributed by atoms with Crippen LogP contribution in [0, 0.1) is 6.92 Å². The number of nitrogens with one attached hydrogen (secondary N) is 2. The SMILES string of the molecule is COC(=O)CNC(=O)C(c1ccc(O)c(C)c1)N(C(=O)C(C)NC(=O)OC(C)(C)C)C(C)(C)C. The molecule has 0 aromatic heterocycles. The maximum absolute atomic E-state index is 13.6. The van der Waals surface area contributed by atoms with Crippen molar-refractivity contribution in [1.29, 1.82) is 0 Å². The van der Waals surface area contributed by atoms with Crippen LogP contribution >= 0.6 is 0 Å². The number of rotatable bonds is 7. The number of ether oxygens (including phenoxy) is 2. The molecule has 0 fully saturated rings. The number of hydrogen-bond acceptors (Lipinski definition) is 7. The minimum absolute atomic E-state index is 0.0334. The summed E-state index contributed by atoms with van der Waals surface area (Å²) in [5.41, 5.74) is -0.703. The number of aromatic hydroxyl groups is 1. The van der Waals surface area contributed by atoms with E-state index in [0.29, 0.717) is 11.1 Å². The van der Waals surface area contributed by atoms with Crippen molar-refractivity contribution in [3.63, 3.8) is 0 Å². The van der Waals surface area contributed by atoms with Gasteiger partial charge in [-0.15, -0.1) is 0 Å². The van der Waals surface area contributed by atoms with E-state index in [2.05, 4.69) is 15.4 Å². The number of benzene rings is 1. The number of aryl methyl sites for hydroxylation is 1. The Morgan fingerprint density at radius 1 is 1.09 bits per heavy atom. The Morgan fingerprint density at radius 2 is 1.68 bits per heavy atom. The van der Waals surface area contributed by atoms with E-state index in [-0.39, 0.29) is 12.3 Å². The maximum Gasteiger partial charge on any atom is 0.408 e. The van der Waals surface area contributed by atoms with Crippen LogP contribution in [0.15, 0.2) is 18.2 Å². The van der Waals surface area contributed by atoms with E-state index in [1.807, 2.05) is 0 Å². The third kappa shape index (κ3) is 8.24. The molecule has 1 aromatic carbocycles. The summed E-state index contributed by atoms with van der Waals surface area (Å²) in [5.74, 6) is -1.78. The summed E-state index contributed by atoms with van der Waals surface area (Å²) < 4.78 is 9.83. The van der Waals surface area contributed by atoms with Gasteiger partial charge in [-0.25, -0.2) is 4.79 Å². The minimum atomic E-state index is -1.17. The van der Waals surface area contributed by atoms with Gasteiger partial charge in [0.1, 0.15) is 30.0 Å². The van der Waals surface area contributed by atoms with Crippen LogP contribution in [0.1, 0.15) is 65.6 Å². The van der Waals surface area contributed by atoms with Gasteiger partial charge in [0.25, 0.3) is 0 Å². The number of alkyl carbamates (subject to hydrolysis) is 1. The van der Waals surface area contributed by atoms with E-state index in [9.17, 15) is 24.3 Å². The van der Waals surface area contributed by atoms with Gasteiger partial charge in [0.15, 0.2) is 0 Å². The second kappa shape index (κ2) is 11.2. The van der Waals surface area contributed by atoms with Crippen molar-refractivity contribution < 1.29 is 33.8 Å². The number of carbonyl (C=O) groups excluding carboxylic acids is 4. The van der Waals surface area contributed by atoms with Crippen molar-refractivity contribution in [2.75, 3.05) is 13.7 Å². The second-order valence-corrected chi connectivity index (χ2v) is 9.99. The zero-order chi connectivity index (χ0) is 26.4. The molecule has 0 radical (unpaired) electrons. The highest BCUT2D eigenvalue weighted by Gasteiger charge is 2.41. The summed E-state index contributed by atoms with van der Waals surface area (Å²) >= 11 is 0. The number of hydrogen-bond donors (Lipinski definition) is 3. The van der Waals surface area contributed by atoms with E-state index < -0.39 is 47.1 Å². The predicted molar refractivity (Wildman–Crippen MR) is 126 cm³/mol. The number of methoxy groups -OCH3 is 1. The standard InChI is InChI=1S/C24H37N3O7/c1-14-12-16(10-11-17(14)28)19(20(30)25-13-18(29)33-9)27(23(3,4)5)21(31)15(2)26-22(32)34-24(6,7)8/h10-12,15,19,28H,13H2,1-9H3,(H,25,30)(H,26,32). The van der Waals surface area contributed by atoms with Gasteiger partial charge in [-0.3, -0.25) is 14.4 Å². The summed E-state index contributed by atoms with van der Waals surface area (Å²) in [6, 6.07) is 2.36. The van der Waals surface area contributed by atoms with Gasteiger partial charge >= 0.3 is 12.1 Å². The van der Waals surface area contributed by atoms with Crippen molar-refractivity contribution in [1.82, 2.24) is 15.5 Å². The fraction of sp³-hybridized carbons (Fsp3) is 0.583. The second-order valence-electron chi connectivity index (χ2n) is 9.99. The van der Waals surface area contributed by atoms with Gasteiger partial charge in [0, 0.05) is 5.54 Å². The lowest BCUT2D eigenvalue weighted by Gasteiger charge is -2.42. The Balaban J connectivity index is 3.43. The average molecular weight is 480 g/mol. The molecule has 10 heteroatoms. The fourth-order valence-corrected chi connectivity index (χ4v) is 3.19. The third-order valence-electron chi connectivity index (χ3n) is 4.74. The highest BCUT2D eigenvalue weighted by Crippen LogP contribution is 2.32. The van der Waals surface area contributed by atoms with Crippen LogP contribution < -0.4 is 10.6 Å². The van der Waals surface area contributed by atoms with Crippen LogP contribution in [-0.4, -0.2) is 64.7 Å². The molecule has 0 saturated heterocycles. The zero-order valence-electron chi connectivity index (χ0n) is 21.4. The lowest BCUT2D eigenvalue weighted by Crippen LogP contribution is -2.58. The molecule has 3 amide bonds. The Morgan fingerprint density at radius 3 is 2.15 bits per heavy atom. The number of nitrogens with zero attached hydrogens (tertiary/aromatic N) is 1. The van der Waals surface area contributed by atoms with Crippen molar-refractivity contribution in [3.05, 3.63) is 29.3 Å². The summed E-state index contributed by atoms with van der Waals surface area (Å²) in [4.78, 5) is 52.1. The number of phenols is 1. The summed E-state index contributed by atoms with van der Waals surface area (Å²) in [7, 11) is 1.20. The predicted octanol–water partition coefficient (Wildman–Crippen LogP) is 2.57. The first-order valence-electron chi connectivity index (χ1n) is 10.9. The van der Waals surface area contributed by atoms with Crippen LogP contribution in [0.3, 0.4) is 0 Å². The summed E-state index contributed by atoms with van der Waals surface area (Å²) in [5, 5.41) is 15.0. The largest absolute Gasteiger partial charge is 0.508 e. The molecule has 0 spiro atoms. The first-order chi connectivity index (χ1) is 15.5. The molecule has 0 aliphatic heterocycles. The zero-order valence-corrected chi connectivity index (χ0v) is 21.4. The molecular formula is C24H37N3O7. The van der Waals surface area contributed by atoms with Crippen LogP contribution in [0.25, 0.3) is 0 Å². The molecule has 1 aromatic rings. The smallest absolute Gasteiger partial charge is 0.408 e. The van der Waals surface area contributed by atoms with E-state index in [1.165, 1.54) is 31.1 Å². The minimum Gasteiger partial charge on any atom is -0.508 e. The molecule has 0 heterocycles. The lowest BCUT2D eigenvalue weighted by molar-refractivity contribution is -0.149.